The second kappa shape index (κ2) is 9.58. The van der Waals surface area contributed by atoms with Crippen LogP contribution in [0.5, 0.6) is 5.75 Å². The molecule has 2 heterocycles. The fraction of sp³-hybridized carbons (Fsp3) is 0.130. The molecule has 0 aliphatic rings. The molecule has 2 aromatic carbocycles. The summed E-state index contributed by atoms with van der Waals surface area (Å²) in [5.41, 5.74) is 6.20. The van der Waals surface area contributed by atoms with Crippen LogP contribution in [0, 0.1) is 27.5 Å². The minimum atomic E-state index is -0.468. The van der Waals surface area contributed by atoms with Gasteiger partial charge in [-0.15, -0.1) is 0 Å². The number of halogens is 2. The van der Waals surface area contributed by atoms with E-state index in [4.69, 9.17) is 9.15 Å². The Morgan fingerprint density at radius 1 is 1.26 bits per heavy atom. The van der Waals surface area contributed by atoms with Gasteiger partial charge < -0.3 is 13.7 Å². The van der Waals surface area contributed by atoms with Crippen molar-refractivity contribution in [2.75, 3.05) is 7.11 Å². The van der Waals surface area contributed by atoms with E-state index in [0.717, 1.165) is 30.4 Å². The number of hydrogen-bond donors (Lipinski definition) is 1. The smallest absolute Gasteiger partial charge is 0.307 e. The third kappa shape index (κ3) is 4.57. The van der Waals surface area contributed by atoms with Crippen LogP contribution in [0.4, 0.5) is 5.69 Å². The van der Waals surface area contributed by atoms with E-state index in [9.17, 15) is 14.9 Å². The molecule has 0 fully saturated rings. The number of non-ortho nitro benzene ring substituents is 1. The average molecular weight is 637 g/mol. The highest BCUT2D eigenvalue weighted by atomic mass is 127. The number of fused-ring (bicyclic) bond motifs is 1. The Balaban J connectivity index is 1.57. The minimum Gasteiger partial charge on any atom is -0.494 e. The predicted octanol–water partition coefficient (Wildman–Crippen LogP) is 5.89. The van der Waals surface area contributed by atoms with Crippen molar-refractivity contribution in [1.29, 1.82) is 0 Å². The van der Waals surface area contributed by atoms with Crippen molar-refractivity contribution in [2.24, 2.45) is 5.10 Å². The Hall–Kier alpha value is -3.19. The number of aryl methyl sites for hydroxylation is 1. The summed E-state index contributed by atoms with van der Waals surface area (Å²) in [7, 11) is 1.46. The number of rotatable bonds is 6. The molecule has 34 heavy (non-hydrogen) atoms. The molecule has 1 N–H and O–H groups in total. The van der Waals surface area contributed by atoms with E-state index < -0.39 is 10.8 Å². The first-order chi connectivity index (χ1) is 16.2. The first-order valence-corrected chi connectivity index (χ1v) is 11.8. The summed E-state index contributed by atoms with van der Waals surface area (Å²) < 4.78 is 14.8. The van der Waals surface area contributed by atoms with Crippen LogP contribution in [0.15, 0.2) is 56.5 Å². The molecule has 0 aliphatic carbocycles. The zero-order chi connectivity index (χ0) is 24.6. The molecule has 4 aromatic rings. The summed E-state index contributed by atoms with van der Waals surface area (Å²) in [4.78, 5) is 23.2. The fourth-order valence-electron chi connectivity index (χ4n) is 3.66. The molecule has 9 nitrogen and oxygen atoms in total. The highest BCUT2D eigenvalue weighted by Gasteiger charge is 2.18. The average Bonchev–Trinajstić information content (AvgIpc) is 3.34. The van der Waals surface area contributed by atoms with E-state index in [1.165, 1.54) is 25.5 Å². The number of nitro benzene ring substituents is 1. The van der Waals surface area contributed by atoms with Crippen molar-refractivity contribution in [1.82, 2.24) is 9.99 Å². The molecule has 0 spiro atoms. The number of hydrazone groups is 1. The number of furan rings is 1. The number of ether oxygens (including phenoxy) is 1. The van der Waals surface area contributed by atoms with Crippen LogP contribution >= 0.6 is 38.5 Å². The summed E-state index contributed by atoms with van der Waals surface area (Å²) in [6.07, 6.45) is 1.54. The van der Waals surface area contributed by atoms with Crippen molar-refractivity contribution >= 4 is 67.3 Å². The third-order valence-corrected chi connectivity index (χ3v) is 6.47. The van der Waals surface area contributed by atoms with Crippen LogP contribution in [-0.2, 0) is 0 Å². The van der Waals surface area contributed by atoms with E-state index in [-0.39, 0.29) is 11.4 Å². The van der Waals surface area contributed by atoms with Gasteiger partial charge in [0.05, 0.1) is 33.6 Å². The highest BCUT2D eigenvalue weighted by molar-refractivity contribution is 14.1. The first-order valence-electron chi connectivity index (χ1n) is 9.93. The molecule has 174 valence electrons. The Bertz CT molecular complexity index is 1470. The lowest BCUT2D eigenvalue weighted by Gasteiger charge is -2.13. The highest BCUT2D eigenvalue weighted by Crippen LogP contribution is 2.31. The summed E-state index contributed by atoms with van der Waals surface area (Å²) in [5.74, 6) is 0.0634. The van der Waals surface area contributed by atoms with Gasteiger partial charge in [0.15, 0.2) is 5.76 Å². The van der Waals surface area contributed by atoms with E-state index in [2.05, 4.69) is 49.0 Å². The number of carbonyl (C=O) groups excluding carboxylic acids is 1. The number of amides is 1. The van der Waals surface area contributed by atoms with Crippen molar-refractivity contribution in [3.05, 3.63) is 83.3 Å². The van der Waals surface area contributed by atoms with Gasteiger partial charge in [-0.1, -0.05) is 15.9 Å². The van der Waals surface area contributed by atoms with E-state index in [1.54, 1.807) is 12.1 Å². The molecule has 0 aliphatic heterocycles. The molecule has 2 aromatic heterocycles. The maximum absolute atomic E-state index is 12.5. The van der Waals surface area contributed by atoms with Gasteiger partial charge in [0.1, 0.15) is 11.3 Å². The molecule has 0 unspecified atom stereocenters. The van der Waals surface area contributed by atoms with Crippen molar-refractivity contribution in [3.8, 4) is 11.4 Å². The Morgan fingerprint density at radius 2 is 2.03 bits per heavy atom. The number of benzene rings is 2. The number of methoxy groups -OCH3 is 1. The molecule has 0 saturated heterocycles. The minimum absolute atomic E-state index is 0.0554. The number of nitro groups is 1. The molecule has 11 heteroatoms. The van der Waals surface area contributed by atoms with Gasteiger partial charge in [-0.05, 0) is 66.8 Å². The lowest BCUT2D eigenvalue weighted by molar-refractivity contribution is -0.384. The van der Waals surface area contributed by atoms with Crippen LogP contribution < -0.4 is 10.2 Å². The van der Waals surface area contributed by atoms with Gasteiger partial charge in [-0.3, -0.25) is 14.9 Å². The summed E-state index contributed by atoms with van der Waals surface area (Å²) in [5, 5.41) is 16.0. The maximum Gasteiger partial charge on any atom is 0.307 e. The molecular formula is C23H18BrIN4O5. The molecule has 0 saturated carbocycles. The quantitative estimate of drug-likeness (QED) is 0.123. The summed E-state index contributed by atoms with van der Waals surface area (Å²) in [6.45, 7) is 3.79. The molecular weight excluding hydrogens is 619 g/mol. The number of hydrogen-bond acceptors (Lipinski definition) is 6. The molecule has 1 amide bonds. The Kier molecular flexibility index (Phi) is 6.75. The molecule has 4 rings (SSSR count). The predicted molar refractivity (Wildman–Crippen MR) is 140 cm³/mol. The summed E-state index contributed by atoms with van der Waals surface area (Å²) in [6, 6.07) is 11.8. The van der Waals surface area contributed by atoms with Crippen LogP contribution in [0.3, 0.4) is 0 Å². The van der Waals surface area contributed by atoms with E-state index >= 15 is 0 Å². The van der Waals surface area contributed by atoms with Gasteiger partial charge in [0, 0.05) is 32.9 Å². The van der Waals surface area contributed by atoms with Crippen molar-refractivity contribution in [2.45, 2.75) is 13.8 Å². The van der Waals surface area contributed by atoms with Crippen LogP contribution in [0.25, 0.3) is 16.7 Å². The molecule has 0 atom stereocenters. The first kappa shape index (κ1) is 24.0. The molecule has 0 bridgehead atoms. The number of aromatic nitrogens is 1. The third-order valence-electron chi connectivity index (χ3n) is 5.21. The van der Waals surface area contributed by atoms with Gasteiger partial charge in [-0.25, -0.2) is 5.43 Å². The second-order valence-electron chi connectivity index (χ2n) is 7.39. The fourth-order valence-corrected chi connectivity index (χ4v) is 5.32. The largest absolute Gasteiger partial charge is 0.494 e. The van der Waals surface area contributed by atoms with Crippen molar-refractivity contribution in [3.63, 3.8) is 0 Å². The summed E-state index contributed by atoms with van der Waals surface area (Å²) >= 11 is 5.59. The van der Waals surface area contributed by atoms with E-state index in [1.807, 2.05) is 36.6 Å². The van der Waals surface area contributed by atoms with E-state index in [0.29, 0.717) is 17.0 Å². The Labute approximate surface area is 216 Å². The van der Waals surface area contributed by atoms with Gasteiger partial charge in [0.25, 0.3) is 5.69 Å². The monoisotopic (exact) mass is 636 g/mol. The number of nitrogens with zero attached hydrogens (tertiary/aromatic N) is 3. The van der Waals surface area contributed by atoms with Crippen LogP contribution in [0.2, 0.25) is 0 Å². The SMILES string of the molecule is COc1cc([N+](=O)[O-])ccc1-n1c(C)cc(/C=N\NC(=O)c2cc3cc(Br)cc(I)c3o2)c1C. The zero-order valence-electron chi connectivity index (χ0n) is 18.3. The van der Waals surface area contributed by atoms with Crippen molar-refractivity contribution < 1.29 is 18.9 Å². The van der Waals surface area contributed by atoms with Gasteiger partial charge in [-0.2, -0.15) is 5.10 Å². The normalized spacial score (nSPS) is 11.3. The van der Waals surface area contributed by atoms with Crippen LogP contribution in [0.1, 0.15) is 27.5 Å². The standard InChI is InChI=1S/C23H18BrIN4O5/c1-12-6-15(13(2)28(12)19-5-4-17(29(31)32)10-20(19)33-3)11-26-27-23(30)21-8-14-7-16(24)9-18(25)22(14)34-21/h4-11H,1-3H3,(H,27,30)/b26-11-. The maximum atomic E-state index is 12.5. The van der Waals surface area contributed by atoms with Crippen LogP contribution in [-0.4, -0.2) is 28.7 Å². The Morgan fingerprint density at radius 3 is 2.74 bits per heavy atom. The lowest BCUT2D eigenvalue weighted by atomic mass is 10.2. The van der Waals surface area contributed by atoms with Gasteiger partial charge in [0.2, 0.25) is 0 Å². The topological polar surface area (TPSA) is 112 Å². The molecule has 0 radical (unpaired) electrons. The number of nitrogens with one attached hydrogen (secondary N) is 1. The van der Waals surface area contributed by atoms with Gasteiger partial charge >= 0.3 is 5.91 Å². The second-order valence-corrected chi connectivity index (χ2v) is 9.47. The zero-order valence-corrected chi connectivity index (χ0v) is 22.0. The lowest BCUT2D eigenvalue weighted by Crippen LogP contribution is -2.16. The number of carbonyl (C=O) groups is 1.